The summed E-state index contributed by atoms with van der Waals surface area (Å²) in [5, 5.41) is 0. The van der Waals surface area contributed by atoms with Crippen LogP contribution in [0.5, 0.6) is 0 Å². The Morgan fingerprint density at radius 3 is 2.30 bits per heavy atom. The van der Waals surface area contributed by atoms with Crippen molar-refractivity contribution in [3.63, 3.8) is 0 Å². The van der Waals surface area contributed by atoms with Crippen molar-refractivity contribution in [1.29, 1.82) is 0 Å². The van der Waals surface area contributed by atoms with Crippen LogP contribution in [0.1, 0.15) is 11.1 Å². The lowest BCUT2D eigenvalue weighted by atomic mass is 10.1. The number of ether oxygens (including phenoxy) is 3. The minimum atomic E-state index is -0.428. The second-order valence-electron chi connectivity index (χ2n) is 4.33. The Morgan fingerprint density at radius 1 is 1.05 bits per heavy atom. The fourth-order valence-corrected chi connectivity index (χ4v) is 1.53. The molecule has 0 radical (unpaired) electrons. The average molecular weight is 278 g/mol. The lowest BCUT2D eigenvalue weighted by Crippen LogP contribution is -2.12. The van der Waals surface area contributed by atoms with Crippen LogP contribution in [0, 0.1) is 6.92 Å². The van der Waals surface area contributed by atoms with E-state index in [0.29, 0.717) is 26.4 Å². The Morgan fingerprint density at radius 2 is 1.65 bits per heavy atom. The number of benzene rings is 1. The topological polar surface area (TPSA) is 44.8 Å². The summed E-state index contributed by atoms with van der Waals surface area (Å²) in [6.45, 7) is 7.72. The SMILES string of the molecule is C=CC(=O)OCCOCCOCCc1ccc(C)cc1. The molecule has 0 unspecified atom stereocenters. The normalized spacial score (nSPS) is 10.2. The zero-order valence-corrected chi connectivity index (χ0v) is 12.0. The quantitative estimate of drug-likeness (QED) is 0.374. The zero-order valence-electron chi connectivity index (χ0n) is 12.0. The minimum Gasteiger partial charge on any atom is -0.460 e. The summed E-state index contributed by atoms with van der Waals surface area (Å²) >= 11 is 0. The third kappa shape index (κ3) is 7.71. The first-order valence-electron chi connectivity index (χ1n) is 6.72. The molecule has 20 heavy (non-hydrogen) atoms. The molecule has 0 atom stereocenters. The third-order valence-corrected chi connectivity index (χ3v) is 2.67. The highest BCUT2D eigenvalue weighted by atomic mass is 16.6. The van der Waals surface area contributed by atoms with Gasteiger partial charge in [-0.3, -0.25) is 0 Å². The Hall–Kier alpha value is -1.65. The van der Waals surface area contributed by atoms with Crippen LogP contribution in [0.25, 0.3) is 0 Å². The standard InChI is InChI=1S/C16H22O4/c1-3-16(17)20-13-12-19-11-10-18-9-8-15-6-4-14(2)5-7-15/h3-7H,1,8-13H2,2H3. The molecule has 0 saturated carbocycles. The van der Waals surface area contributed by atoms with Crippen molar-refractivity contribution in [3.8, 4) is 0 Å². The Kier molecular flexibility index (Phi) is 8.35. The van der Waals surface area contributed by atoms with Gasteiger partial charge in [-0.05, 0) is 18.9 Å². The van der Waals surface area contributed by atoms with E-state index in [9.17, 15) is 4.79 Å². The van der Waals surface area contributed by atoms with Crippen molar-refractivity contribution < 1.29 is 19.0 Å². The van der Waals surface area contributed by atoms with Crippen LogP contribution >= 0.6 is 0 Å². The van der Waals surface area contributed by atoms with Gasteiger partial charge in [-0.25, -0.2) is 4.79 Å². The van der Waals surface area contributed by atoms with Crippen molar-refractivity contribution in [2.45, 2.75) is 13.3 Å². The summed E-state index contributed by atoms with van der Waals surface area (Å²) in [5.41, 5.74) is 2.54. The molecule has 0 spiro atoms. The fraction of sp³-hybridized carbons (Fsp3) is 0.438. The first-order chi connectivity index (χ1) is 9.72. The van der Waals surface area contributed by atoms with Crippen LogP contribution in [0.2, 0.25) is 0 Å². The van der Waals surface area contributed by atoms with Gasteiger partial charge in [0.2, 0.25) is 0 Å². The molecule has 0 aliphatic carbocycles. The Bertz CT molecular complexity index is 397. The van der Waals surface area contributed by atoms with Gasteiger partial charge in [-0.2, -0.15) is 0 Å². The predicted molar refractivity (Wildman–Crippen MR) is 77.7 cm³/mol. The molecule has 0 saturated heterocycles. The Labute approximate surface area is 120 Å². The maximum Gasteiger partial charge on any atom is 0.330 e. The molecule has 110 valence electrons. The van der Waals surface area contributed by atoms with Crippen LogP contribution in [-0.4, -0.2) is 39.0 Å². The zero-order chi connectivity index (χ0) is 14.6. The first kappa shape index (κ1) is 16.4. The number of aryl methyl sites for hydroxylation is 1. The van der Waals surface area contributed by atoms with Gasteiger partial charge in [0.15, 0.2) is 0 Å². The van der Waals surface area contributed by atoms with Gasteiger partial charge in [-0.1, -0.05) is 36.4 Å². The van der Waals surface area contributed by atoms with Gasteiger partial charge >= 0.3 is 5.97 Å². The molecule has 0 N–H and O–H groups in total. The molecule has 1 aromatic carbocycles. The van der Waals surface area contributed by atoms with Crippen molar-refractivity contribution in [1.82, 2.24) is 0 Å². The van der Waals surface area contributed by atoms with Crippen LogP contribution in [0.15, 0.2) is 36.9 Å². The van der Waals surface area contributed by atoms with Gasteiger partial charge in [0, 0.05) is 6.08 Å². The van der Waals surface area contributed by atoms with Gasteiger partial charge in [0.1, 0.15) is 6.61 Å². The second-order valence-corrected chi connectivity index (χ2v) is 4.33. The minimum absolute atomic E-state index is 0.244. The van der Waals surface area contributed by atoms with E-state index in [1.807, 2.05) is 0 Å². The highest BCUT2D eigenvalue weighted by molar-refractivity contribution is 5.81. The maximum atomic E-state index is 10.7. The summed E-state index contributed by atoms with van der Waals surface area (Å²) in [6, 6.07) is 8.43. The second kappa shape index (κ2) is 10.2. The predicted octanol–water partition coefficient (Wildman–Crippen LogP) is 2.30. The molecule has 0 aliphatic heterocycles. The van der Waals surface area contributed by atoms with E-state index in [2.05, 4.69) is 37.8 Å². The molecule has 0 aliphatic rings. The molecular weight excluding hydrogens is 256 g/mol. The number of carbonyl (C=O) groups excluding carboxylic acids is 1. The molecule has 0 bridgehead atoms. The molecule has 1 aromatic rings. The lowest BCUT2D eigenvalue weighted by Gasteiger charge is -2.06. The summed E-state index contributed by atoms with van der Waals surface area (Å²) in [5.74, 6) is -0.428. The Balaban J connectivity index is 1.91. The maximum absolute atomic E-state index is 10.7. The summed E-state index contributed by atoms with van der Waals surface area (Å²) in [7, 11) is 0. The molecule has 1 rings (SSSR count). The van der Waals surface area contributed by atoms with E-state index in [1.54, 1.807) is 0 Å². The monoisotopic (exact) mass is 278 g/mol. The molecule has 0 heterocycles. The van der Waals surface area contributed by atoms with E-state index in [-0.39, 0.29) is 6.61 Å². The molecule has 4 heteroatoms. The lowest BCUT2D eigenvalue weighted by molar-refractivity contribution is -0.139. The molecule has 0 fully saturated rings. The van der Waals surface area contributed by atoms with E-state index in [4.69, 9.17) is 14.2 Å². The number of hydrogen-bond acceptors (Lipinski definition) is 4. The smallest absolute Gasteiger partial charge is 0.330 e. The average Bonchev–Trinajstić information content (AvgIpc) is 2.47. The van der Waals surface area contributed by atoms with Crippen molar-refractivity contribution in [3.05, 3.63) is 48.0 Å². The van der Waals surface area contributed by atoms with Crippen LogP contribution in [-0.2, 0) is 25.4 Å². The summed E-state index contributed by atoms with van der Waals surface area (Å²) in [6.07, 6.45) is 2.03. The highest BCUT2D eigenvalue weighted by Crippen LogP contribution is 2.03. The van der Waals surface area contributed by atoms with Gasteiger partial charge in [-0.15, -0.1) is 0 Å². The third-order valence-electron chi connectivity index (χ3n) is 2.67. The van der Waals surface area contributed by atoms with E-state index >= 15 is 0 Å². The highest BCUT2D eigenvalue weighted by Gasteiger charge is 1.96. The van der Waals surface area contributed by atoms with Crippen LogP contribution < -0.4 is 0 Å². The van der Waals surface area contributed by atoms with Crippen LogP contribution in [0.4, 0.5) is 0 Å². The molecule has 4 nitrogen and oxygen atoms in total. The van der Waals surface area contributed by atoms with Gasteiger partial charge in [0.25, 0.3) is 0 Å². The summed E-state index contributed by atoms with van der Waals surface area (Å²) < 4.78 is 15.5. The molecular formula is C16H22O4. The van der Waals surface area contributed by atoms with Crippen molar-refractivity contribution in [2.24, 2.45) is 0 Å². The molecule has 0 amide bonds. The summed E-state index contributed by atoms with van der Waals surface area (Å²) in [4.78, 5) is 10.7. The van der Waals surface area contributed by atoms with Crippen molar-refractivity contribution in [2.75, 3.05) is 33.0 Å². The van der Waals surface area contributed by atoms with Gasteiger partial charge in [0.05, 0.1) is 26.4 Å². The van der Waals surface area contributed by atoms with Gasteiger partial charge < -0.3 is 14.2 Å². The van der Waals surface area contributed by atoms with Crippen LogP contribution in [0.3, 0.4) is 0 Å². The number of rotatable bonds is 10. The fourth-order valence-electron chi connectivity index (χ4n) is 1.53. The largest absolute Gasteiger partial charge is 0.460 e. The van der Waals surface area contributed by atoms with E-state index in [1.165, 1.54) is 11.1 Å². The molecule has 0 aromatic heterocycles. The number of esters is 1. The van der Waals surface area contributed by atoms with E-state index in [0.717, 1.165) is 12.5 Å². The van der Waals surface area contributed by atoms with E-state index < -0.39 is 5.97 Å². The first-order valence-corrected chi connectivity index (χ1v) is 6.72. The van der Waals surface area contributed by atoms with Crippen molar-refractivity contribution >= 4 is 5.97 Å². The number of carbonyl (C=O) groups is 1. The number of hydrogen-bond donors (Lipinski definition) is 0.